The van der Waals surface area contributed by atoms with E-state index < -0.39 is 5.41 Å². The maximum Gasteiger partial charge on any atom is 0.229 e. The Morgan fingerprint density at radius 2 is 2.00 bits per heavy atom. The monoisotopic (exact) mass is 409 g/mol. The first-order chi connectivity index (χ1) is 12.6. The molecule has 2 N–H and O–H groups in total. The third-order valence-corrected chi connectivity index (χ3v) is 6.45. The van der Waals surface area contributed by atoms with Crippen LogP contribution in [0, 0.1) is 12.3 Å². The van der Waals surface area contributed by atoms with Crippen LogP contribution in [0.25, 0.3) is 10.6 Å². The highest BCUT2D eigenvalue weighted by molar-refractivity contribution is 7.15. The number of aryl methyl sites for hydroxylation is 1. The topological polar surface area (TPSA) is 63.2 Å². The lowest BCUT2D eigenvalue weighted by molar-refractivity contribution is -0.136. The van der Waals surface area contributed by atoms with Crippen molar-refractivity contribution in [3.8, 4) is 10.6 Å². The lowest BCUT2D eigenvalue weighted by Gasteiger charge is -2.36. The maximum absolute atomic E-state index is 13.0. The second-order valence-corrected chi connectivity index (χ2v) is 8.02. The number of hydrogen-bond donors (Lipinski definition) is 2. The predicted octanol–water partition coefficient (Wildman–Crippen LogP) is 3.73. The van der Waals surface area contributed by atoms with Crippen molar-refractivity contribution >= 4 is 29.7 Å². The normalized spacial score (nSPS) is 17.0. The minimum absolute atomic E-state index is 0. The molecule has 0 saturated carbocycles. The van der Waals surface area contributed by atoms with Crippen LogP contribution in [0.2, 0.25) is 0 Å². The molecule has 0 spiro atoms. The molecule has 1 aromatic carbocycles. The molecule has 148 valence electrons. The fourth-order valence-electron chi connectivity index (χ4n) is 3.55. The van der Waals surface area contributed by atoms with Gasteiger partial charge in [-0.1, -0.05) is 30.3 Å². The van der Waals surface area contributed by atoms with Crippen LogP contribution in [0.1, 0.15) is 36.4 Å². The van der Waals surface area contributed by atoms with E-state index in [9.17, 15) is 4.79 Å². The third kappa shape index (κ3) is 4.88. The van der Waals surface area contributed by atoms with Crippen LogP contribution in [-0.4, -0.2) is 37.7 Å². The van der Waals surface area contributed by atoms with Crippen LogP contribution in [0.3, 0.4) is 0 Å². The molecule has 1 aromatic heterocycles. The lowest BCUT2D eigenvalue weighted by atomic mass is 9.78. The second-order valence-electron chi connectivity index (χ2n) is 6.99. The SMILES string of the molecule is COCC1(C(=O)NC(C)c2sc(-c3ccccc3)nc2C)CCNCC1.Cl. The fraction of sp³-hybridized carbons (Fsp3) is 0.500. The molecule has 1 saturated heterocycles. The van der Waals surface area contributed by atoms with Gasteiger partial charge in [-0.15, -0.1) is 23.7 Å². The van der Waals surface area contributed by atoms with Crippen molar-refractivity contribution in [2.75, 3.05) is 26.8 Å². The molecule has 27 heavy (non-hydrogen) atoms. The van der Waals surface area contributed by atoms with Gasteiger partial charge in [0.05, 0.1) is 28.6 Å². The van der Waals surface area contributed by atoms with Crippen molar-refractivity contribution in [1.29, 1.82) is 0 Å². The summed E-state index contributed by atoms with van der Waals surface area (Å²) in [5, 5.41) is 7.54. The molecular formula is C20H28ClN3O2S. The van der Waals surface area contributed by atoms with Crippen LogP contribution in [-0.2, 0) is 9.53 Å². The highest BCUT2D eigenvalue weighted by Gasteiger charge is 2.40. The molecule has 2 heterocycles. The van der Waals surface area contributed by atoms with Crippen LogP contribution in [0.15, 0.2) is 30.3 Å². The molecule has 1 aliphatic heterocycles. The van der Waals surface area contributed by atoms with Gasteiger partial charge in [-0.3, -0.25) is 4.79 Å². The number of methoxy groups -OCH3 is 1. The minimum atomic E-state index is -0.435. The Labute approximate surface area is 171 Å². The van der Waals surface area contributed by atoms with E-state index in [2.05, 4.69) is 22.8 Å². The molecule has 1 atom stereocenters. The smallest absolute Gasteiger partial charge is 0.229 e. The standard InChI is InChI=1S/C20H27N3O2S.ClH/c1-14-17(26-18(22-14)16-7-5-4-6-8-16)15(2)23-19(24)20(13-25-3)9-11-21-12-10-20;/h4-8,15,21H,9-13H2,1-3H3,(H,23,24);1H. The molecule has 1 unspecified atom stereocenters. The van der Waals surface area contributed by atoms with Crippen LogP contribution in [0.4, 0.5) is 0 Å². The Balaban J connectivity index is 0.00000261. The average molecular weight is 410 g/mol. The molecule has 3 rings (SSSR count). The minimum Gasteiger partial charge on any atom is -0.384 e. The molecule has 1 aliphatic rings. The molecule has 1 amide bonds. The molecule has 1 fully saturated rings. The van der Waals surface area contributed by atoms with Crippen molar-refractivity contribution in [3.05, 3.63) is 40.9 Å². The van der Waals surface area contributed by atoms with E-state index in [1.165, 1.54) is 0 Å². The van der Waals surface area contributed by atoms with Gasteiger partial charge >= 0.3 is 0 Å². The first kappa shape index (κ1) is 21.8. The van der Waals surface area contributed by atoms with Gasteiger partial charge in [0.2, 0.25) is 5.91 Å². The van der Waals surface area contributed by atoms with Gasteiger partial charge in [-0.2, -0.15) is 0 Å². The van der Waals surface area contributed by atoms with Gasteiger partial charge in [0.1, 0.15) is 5.01 Å². The number of piperidine rings is 1. The Morgan fingerprint density at radius 1 is 1.33 bits per heavy atom. The van der Waals surface area contributed by atoms with Crippen molar-refractivity contribution in [1.82, 2.24) is 15.6 Å². The number of rotatable bonds is 6. The summed E-state index contributed by atoms with van der Waals surface area (Å²) in [6, 6.07) is 10.1. The zero-order valence-electron chi connectivity index (χ0n) is 16.1. The number of aromatic nitrogens is 1. The molecule has 7 heteroatoms. The number of nitrogens with zero attached hydrogens (tertiary/aromatic N) is 1. The summed E-state index contributed by atoms with van der Waals surface area (Å²) in [5.41, 5.74) is 1.65. The zero-order chi connectivity index (χ0) is 18.6. The Hall–Kier alpha value is -1.47. The number of amides is 1. The number of benzene rings is 1. The van der Waals surface area contributed by atoms with Gasteiger partial charge in [0.15, 0.2) is 0 Å². The summed E-state index contributed by atoms with van der Waals surface area (Å²) in [5.74, 6) is 0.0856. The highest BCUT2D eigenvalue weighted by atomic mass is 35.5. The number of thiazole rings is 1. The molecule has 2 aromatic rings. The largest absolute Gasteiger partial charge is 0.384 e. The summed E-state index contributed by atoms with van der Waals surface area (Å²) in [6.07, 6.45) is 1.60. The molecule has 0 aliphatic carbocycles. The van der Waals surface area contributed by atoms with Crippen molar-refractivity contribution in [3.63, 3.8) is 0 Å². The van der Waals surface area contributed by atoms with Gasteiger partial charge in [-0.05, 0) is 39.8 Å². The predicted molar refractivity (Wildman–Crippen MR) is 113 cm³/mol. The summed E-state index contributed by atoms with van der Waals surface area (Å²) < 4.78 is 5.38. The lowest BCUT2D eigenvalue weighted by Crippen LogP contribution is -2.50. The summed E-state index contributed by atoms with van der Waals surface area (Å²) in [4.78, 5) is 18.9. The van der Waals surface area contributed by atoms with Crippen LogP contribution in [0.5, 0.6) is 0 Å². The van der Waals surface area contributed by atoms with E-state index in [-0.39, 0.29) is 24.4 Å². The van der Waals surface area contributed by atoms with Crippen LogP contribution < -0.4 is 10.6 Å². The number of halogens is 1. The number of nitrogens with one attached hydrogen (secondary N) is 2. The first-order valence-corrected chi connectivity index (χ1v) is 9.91. The maximum atomic E-state index is 13.0. The average Bonchev–Trinajstić information content (AvgIpc) is 3.05. The van der Waals surface area contributed by atoms with E-state index in [0.29, 0.717) is 6.61 Å². The molecule has 5 nitrogen and oxygen atoms in total. The van der Waals surface area contributed by atoms with Crippen molar-refractivity contribution in [2.45, 2.75) is 32.7 Å². The summed E-state index contributed by atoms with van der Waals surface area (Å²) in [7, 11) is 1.67. The molecular weight excluding hydrogens is 382 g/mol. The number of carbonyl (C=O) groups is 1. The number of carbonyl (C=O) groups excluding carboxylic acids is 1. The van der Waals surface area contributed by atoms with Gasteiger partial charge in [-0.25, -0.2) is 4.98 Å². The van der Waals surface area contributed by atoms with E-state index >= 15 is 0 Å². The third-order valence-electron chi connectivity index (χ3n) is 5.06. The first-order valence-electron chi connectivity index (χ1n) is 9.09. The van der Waals surface area contributed by atoms with Gasteiger partial charge in [0, 0.05) is 12.7 Å². The van der Waals surface area contributed by atoms with E-state index in [1.54, 1.807) is 18.4 Å². The molecule has 0 radical (unpaired) electrons. The quantitative estimate of drug-likeness (QED) is 0.762. The van der Waals surface area contributed by atoms with Crippen molar-refractivity contribution in [2.24, 2.45) is 5.41 Å². The fourth-order valence-corrected chi connectivity index (χ4v) is 4.62. The van der Waals surface area contributed by atoms with E-state index in [1.807, 2.05) is 32.0 Å². The number of hydrogen-bond acceptors (Lipinski definition) is 5. The van der Waals surface area contributed by atoms with Gasteiger partial charge < -0.3 is 15.4 Å². The van der Waals surface area contributed by atoms with Gasteiger partial charge in [0.25, 0.3) is 0 Å². The number of ether oxygens (including phenoxy) is 1. The summed E-state index contributed by atoms with van der Waals surface area (Å²) in [6.45, 7) is 6.21. The Kier molecular flexibility index (Phi) is 7.79. The summed E-state index contributed by atoms with van der Waals surface area (Å²) >= 11 is 1.65. The molecule has 0 bridgehead atoms. The van der Waals surface area contributed by atoms with Crippen molar-refractivity contribution < 1.29 is 9.53 Å². The Morgan fingerprint density at radius 3 is 2.63 bits per heavy atom. The highest BCUT2D eigenvalue weighted by Crippen LogP contribution is 2.34. The Bertz CT molecular complexity index is 739. The van der Waals surface area contributed by atoms with Crippen LogP contribution >= 0.6 is 23.7 Å². The van der Waals surface area contributed by atoms with E-state index in [4.69, 9.17) is 9.72 Å². The second kappa shape index (κ2) is 9.64. The zero-order valence-corrected chi connectivity index (χ0v) is 17.7. The van der Waals surface area contributed by atoms with E-state index in [0.717, 1.165) is 47.1 Å².